The fourth-order valence-electron chi connectivity index (χ4n) is 3.02. The molecule has 0 atom stereocenters. The van der Waals surface area contributed by atoms with Gasteiger partial charge in [-0.3, -0.25) is 0 Å². The molecule has 0 spiro atoms. The standard InChI is InChI=1S/C22H15FN4OS/c23-17-6-4-5-16(13-17)21-24-25-22-27(21)26-20(14-29-22)15-9-11-19(12-10-15)28-18-7-2-1-3-8-18/h1-13H,14H2. The van der Waals surface area contributed by atoms with E-state index in [9.17, 15) is 4.39 Å². The van der Waals surface area contributed by atoms with Crippen LogP contribution >= 0.6 is 11.8 Å². The Balaban J connectivity index is 1.43. The molecule has 0 saturated heterocycles. The highest BCUT2D eigenvalue weighted by molar-refractivity contribution is 7.99. The second kappa shape index (κ2) is 7.52. The molecule has 0 radical (unpaired) electrons. The SMILES string of the molecule is Fc1cccc(-c2nnc3n2N=C(c2ccc(Oc4ccccc4)cc2)CS3)c1. The van der Waals surface area contributed by atoms with E-state index in [1.807, 2.05) is 54.6 Å². The molecule has 0 N–H and O–H groups in total. The molecule has 0 bridgehead atoms. The van der Waals surface area contributed by atoms with E-state index in [1.54, 1.807) is 28.6 Å². The lowest BCUT2D eigenvalue weighted by Gasteiger charge is -2.14. The summed E-state index contributed by atoms with van der Waals surface area (Å²) in [5.41, 5.74) is 2.52. The van der Waals surface area contributed by atoms with Crippen molar-refractivity contribution >= 4 is 17.5 Å². The fourth-order valence-corrected chi connectivity index (χ4v) is 3.86. The first-order valence-corrected chi connectivity index (χ1v) is 10.0. The number of halogens is 1. The van der Waals surface area contributed by atoms with Gasteiger partial charge in [-0.15, -0.1) is 10.2 Å². The van der Waals surface area contributed by atoms with E-state index in [2.05, 4.69) is 10.2 Å². The Labute approximate surface area is 170 Å². The Bertz CT molecular complexity index is 1190. The van der Waals surface area contributed by atoms with Crippen LogP contribution in [0.5, 0.6) is 11.5 Å². The Hall–Kier alpha value is -3.45. The number of ether oxygens (including phenoxy) is 1. The van der Waals surface area contributed by atoms with Crippen LogP contribution in [-0.4, -0.2) is 26.3 Å². The zero-order valence-corrected chi connectivity index (χ0v) is 16.0. The maximum Gasteiger partial charge on any atom is 0.212 e. The number of nitrogens with zero attached hydrogens (tertiary/aromatic N) is 4. The Morgan fingerprint density at radius 2 is 1.62 bits per heavy atom. The number of benzene rings is 3. The minimum Gasteiger partial charge on any atom is -0.457 e. The van der Waals surface area contributed by atoms with Gasteiger partial charge in [0.15, 0.2) is 5.82 Å². The number of para-hydroxylation sites is 1. The summed E-state index contributed by atoms with van der Waals surface area (Å²) in [7, 11) is 0. The summed E-state index contributed by atoms with van der Waals surface area (Å²) in [4.78, 5) is 0. The van der Waals surface area contributed by atoms with Gasteiger partial charge in [0.05, 0.1) is 5.71 Å². The smallest absolute Gasteiger partial charge is 0.212 e. The highest BCUT2D eigenvalue weighted by Crippen LogP contribution is 2.29. The maximum atomic E-state index is 13.6. The summed E-state index contributed by atoms with van der Waals surface area (Å²) < 4.78 is 21.1. The van der Waals surface area contributed by atoms with Crippen molar-refractivity contribution in [3.8, 4) is 22.9 Å². The van der Waals surface area contributed by atoms with Crippen LogP contribution in [0, 0.1) is 5.82 Å². The molecule has 0 fully saturated rings. The number of aromatic nitrogens is 3. The van der Waals surface area contributed by atoms with E-state index in [0.29, 0.717) is 22.3 Å². The van der Waals surface area contributed by atoms with E-state index in [0.717, 1.165) is 22.8 Å². The van der Waals surface area contributed by atoms with Gasteiger partial charge < -0.3 is 4.74 Å². The van der Waals surface area contributed by atoms with Gasteiger partial charge in [0.1, 0.15) is 17.3 Å². The number of rotatable bonds is 4. The molecule has 4 aromatic rings. The Morgan fingerprint density at radius 3 is 2.41 bits per heavy atom. The van der Waals surface area contributed by atoms with Crippen LogP contribution < -0.4 is 4.74 Å². The quantitative estimate of drug-likeness (QED) is 0.469. The van der Waals surface area contributed by atoms with Crippen molar-refractivity contribution in [3.05, 3.63) is 90.2 Å². The molecule has 0 aliphatic carbocycles. The van der Waals surface area contributed by atoms with Crippen LogP contribution in [0.1, 0.15) is 5.56 Å². The zero-order chi connectivity index (χ0) is 19.6. The van der Waals surface area contributed by atoms with Crippen molar-refractivity contribution in [2.75, 3.05) is 5.75 Å². The summed E-state index contributed by atoms with van der Waals surface area (Å²) in [6.07, 6.45) is 0. The van der Waals surface area contributed by atoms with E-state index in [4.69, 9.17) is 9.84 Å². The van der Waals surface area contributed by atoms with Crippen molar-refractivity contribution in [3.63, 3.8) is 0 Å². The molecule has 7 heteroatoms. The van der Waals surface area contributed by atoms with E-state index < -0.39 is 0 Å². The van der Waals surface area contributed by atoms with Crippen molar-refractivity contribution in [2.45, 2.75) is 5.16 Å². The van der Waals surface area contributed by atoms with Gasteiger partial charge in [-0.05, 0) is 54.1 Å². The van der Waals surface area contributed by atoms with Gasteiger partial charge in [-0.25, -0.2) is 4.39 Å². The molecule has 2 heterocycles. The lowest BCUT2D eigenvalue weighted by molar-refractivity contribution is 0.482. The molecule has 0 amide bonds. The van der Waals surface area contributed by atoms with Gasteiger partial charge in [0.2, 0.25) is 5.16 Å². The molecular formula is C22H15FN4OS. The first-order chi connectivity index (χ1) is 14.3. The minimum absolute atomic E-state index is 0.318. The summed E-state index contributed by atoms with van der Waals surface area (Å²) in [5, 5.41) is 13.8. The van der Waals surface area contributed by atoms with E-state index >= 15 is 0 Å². The lowest BCUT2D eigenvalue weighted by Crippen LogP contribution is -2.13. The third-order valence-electron chi connectivity index (χ3n) is 4.42. The van der Waals surface area contributed by atoms with E-state index in [1.165, 1.54) is 12.1 Å². The number of thioether (sulfide) groups is 1. The minimum atomic E-state index is -0.318. The van der Waals surface area contributed by atoms with Gasteiger partial charge in [-0.1, -0.05) is 42.1 Å². The van der Waals surface area contributed by atoms with E-state index in [-0.39, 0.29) is 5.82 Å². The maximum absolute atomic E-state index is 13.6. The van der Waals surface area contributed by atoms with Crippen molar-refractivity contribution in [2.24, 2.45) is 5.10 Å². The first-order valence-electron chi connectivity index (χ1n) is 9.02. The van der Waals surface area contributed by atoms with Crippen LogP contribution in [0.15, 0.2) is 89.1 Å². The van der Waals surface area contributed by atoms with Gasteiger partial charge in [0.25, 0.3) is 0 Å². The molecule has 5 rings (SSSR count). The molecule has 0 unspecified atom stereocenters. The predicted molar refractivity (Wildman–Crippen MR) is 111 cm³/mol. The average Bonchev–Trinajstić information content (AvgIpc) is 3.18. The van der Waals surface area contributed by atoms with Gasteiger partial charge in [0, 0.05) is 11.3 Å². The number of fused-ring (bicyclic) bond motifs is 1. The average molecular weight is 402 g/mol. The topological polar surface area (TPSA) is 52.3 Å². The molecular weight excluding hydrogens is 387 g/mol. The Morgan fingerprint density at radius 1 is 0.828 bits per heavy atom. The van der Waals surface area contributed by atoms with Crippen LogP contribution in [0.4, 0.5) is 4.39 Å². The van der Waals surface area contributed by atoms with Crippen molar-refractivity contribution in [1.82, 2.24) is 14.9 Å². The molecule has 29 heavy (non-hydrogen) atoms. The molecule has 3 aromatic carbocycles. The fraction of sp³-hybridized carbons (Fsp3) is 0.0455. The monoisotopic (exact) mass is 402 g/mol. The molecule has 1 aliphatic heterocycles. The normalized spacial score (nSPS) is 12.9. The van der Waals surface area contributed by atoms with Crippen LogP contribution in [0.3, 0.4) is 0 Å². The van der Waals surface area contributed by atoms with Crippen molar-refractivity contribution < 1.29 is 9.13 Å². The number of hydrogen-bond donors (Lipinski definition) is 0. The highest BCUT2D eigenvalue weighted by Gasteiger charge is 2.21. The summed E-state index contributed by atoms with van der Waals surface area (Å²) in [5.74, 6) is 2.43. The molecule has 1 aromatic heterocycles. The largest absolute Gasteiger partial charge is 0.457 e. The third-order valence-corrected chi connectivity index (χ3v) is 5.35. The second-order valence-corrected chi connectivity index (χ2v) is 7.35. The summed E-state index contributed by atoms with van der Waals surface area (Å²) >= 11 is 1.55. The van der Waals surface area contributed by atoms with Crippen LogP contribution in [0.2, 0.25) is 0 Å². The zero-order valence-electron chi connectivity index (χ0n) is 15.2. The molecule has 142 valence electrons. The molecule has 1 aliphatic rings. The third kappa shape index (κ3) is 3.64. The summed E-state index contributed by atoms with van der Waals surface area (Å²) in [6, 6.07) is 23.7. The molecule has 0 saturated carbocycles. The van der Waals surface area contributed by atoms with Crippen LogP contribution in [0.25, 0.3) is 11.4 Å². The van der Waals surface area contributed by atoms with Gasteiger partial charge in [-0.2, -0.15) is 9.78 Å². The number of hydrogen-bond acceptors (Lipinski definition) is 5. The second-order valence-electron chi connectivity index (χ2n) is 6.40. The van der Waals surface area contributed by atoms with Crippen LogP contribution in [-0.2, 0) is 0 Å². The highest BCUT2D eigenvalue weighted by atomic mass is 32.2. The first kappa shape index (κ1) is 17.6. The lowest BCUT2D eigenvalue weighted by atomic mass is 10.1. The predicted octanol–water partition coefficient (Wildman–Crippen LogP) is 5.23. The van der Waals surface area contributed by atoms with Gasteiger partial charge >= 0.3 is 0 Å². The Kier molecular flexibility index (Phi) is 4.57. The summed E-state index contributed by atoms with van der Waals surface area (Å²) in [6.45, 7) is 0. The van der Waals surface area contributed by atoms with Crippen molar-refractivity contribution in [1.29, 1.82) is 0 Å². The molecule has 5 nitrogen and oxygen atoms in total.